The molecule has 0 amide bonds. The Balaban J connectivity index is 1.57. The van der Waals surface area contributed by atoms with Crippen molar-refractivity contribution < 1.29 is 13.9 Å². The monoisotopic (exact) mass is 476 g/mol. The molecule has 1 aromatic heterocycles. The number of hydrogen-bond donors (Lipinski definition) is 0. The number of halogens is 1. The number of benzene rings is 2. The van der Waals surface area contributed by atoms with Crippen LogP contribution in [0, 0.1) is 0 Å². The lowest BCUT2D eigenvalue weighted by Crippen LogP contribution is -2.34. The minimum Gasteiger partial charge on any atom is -0.424 e. The number of esters is 1. The van der Waals surface area contributed by atoms with Crippen molar-refractivity contribution in [1.29, 1.82) is 0 Å². The van der Waals surface area contributed by atoms with E-state index in [2.05, 4.69) is 41.2 Å². The summed E-state index contributed by atoms with van der Waals surface area (Å²) >= 11 is 0. The highest BCUT2D eigenvalue weighted by atomic mass is 19.1. The van der Waals surface area contributed by atoms with Gasteiger partial charge in [-0.05, 0) is 55.9 Å². The summed E-state index contributed by atoms with van der Waals surface area (Å²) in [5.74, 6) is 0.152. The number of rotatable bonds is 13. The van der Waals surface area contributed by atoms with Crippen molar-refractivity contribution in [2.75, 3.05) is 0 Å². The van der Waals surface area contributed by atoms with Crippen molar-refractivity contribution >= 4 is 5.97 Å². The van der Waals surface area contributed by atoms with E-state index in [0.717, 1.165) is 29.5 Å². The molecule has 5 heteroatoms. The summed E-state index contributed by atoms with van der Waals surface area (Å²) in [6, 6.07) is 15.5. The van der Waals surface area contributed by atoms with Crippen LogP contribution in [0.15, 0.2) is 60.9 Å². The lowest BCUT2D eigenvalue weighted by molar-refractivity contribution is -0.147. The zero-order valence-electron chi connectivity index (χ0n) is 21.2. The molecule has 1 unspecified atom stereocenters. The van der Waals surface area contributed by atoms with Crippen molar-refractivity contribution in [1.82, 2.24) is 9.97 Å². The second-order valence-corrected chi connectivity index (χ2v) is 9.37. The second kappa shape index (κ2) is 13.1. The first-order chi connectivity index (χ1) is 16.9. The van der Waals surface area contributed by atoms with Gasteiger partial charge in [0.05, 0.1) is 0 Å². The number of hydrogen-bond acceptors (Lipinski definition) is 4. The minimum absolute atomic E-state index is 0.159. The Kier molecular flexibility index (Phi) is 9.95. The maximum atomic E-state index is 14.5. The fourth-order valence-electron chi connectivity index (χ4n) is 3.92. The van der Waals surface area contributed by atoms with Gasteiger partial charge in [0.15, 0.2) is 5.82 Å². The van der Waals surface area contributed by atoms with Gasteiger partial charge in [-0.3, -0.25) is 0 Å². The lowest BCUT2D eigenvalue weighted by Gasteiger charge is -2.18. The lowest BCUT2D eigenvalue weighted by atomic mass is 10.0. The molecule has 0 saturated carbocycles. The molecule has 4 nitrogen and oxygen atoms in total. The molecule has 0 spiro atoms. The van der Waals surface area contributed by atoms with E-state index >= 15 is 0 Å². The predicted molar refractivity (Wildman–Crippen MR) is 140 cm³/mol. The highest BCUT2D eigenvalue weighted by Gasteiger charge is 2.34. The van der Waals surface area contributed by atoms with E-state index in [1.54, 1.807) is 24.5 Å². The minimum atomic E-state index is -1.98. The maximum absolute atomic E-state index is 14.5. The molecule has 0 bridgehead atoms. The molecule has 0 saturated heterocycles. The summed E-state index contributed by atoms with van der Waals surface area (Å²) < 4.78 is 19.8. The Bertz CT molecular complexity index is 1050. The number of unbranched alkanes of at least 4 members (excludes halogenated alkanes) is 5. The Labute approximate surface area is 209 Å². The van der Waals surface area contributed by atoms with Gasteiger partial charge in [0.2, 0.25) is 5.67 Å². The Morgan fingerprint density at radius 2 is 1.40 bits per heavy atom. The first kappa shape index (κ1) is 26.5. The summed E-state index contributed by atoms with van der Waals surface area (Å²) in [5.41, 5.74) is 2.11. The molecule has 0 radical (unpaired) electrons. The molecule has 35 heavy (non-hydrogen) atoms. The Morgan fingerprint density at radius 1 is 0.800 bits per heavy atom. The number of ether oxygens (including phenoxy) is 1. The van der Waals surface area contributed by atoms with Gasteiger partial charge in [-0.2, -0.15) is 0 Å². The van der Waals surface area contributed by atoms with Crippen LogP contribution in [0.5, 0.6) is 5.75 Å². The van der Waals surface area contributed by atoms with Gasteiger partial charge < -0.3 is 4.74 Å². The first-order valence-electron chi connectivity index (χ1n) is 12.9. The summed E-state index contributed by atoms with van der Waals surface area (Å²) in [6.07, 6.45) is 12.7. The smallest absolute Gasteiger partial charge is 0.348 e. The molecule has 1 heterocycles. The Morgan fingerprint density at radius 3 is 2.03 bits per heavy atom. The van der Waals surface area contributed by atoms with Crippen molar-refractivity contribution in [2.45, 2.75) is 84.2 Å². The number of aromatic nitrogens is 2. The number of nitrogens with zero attached hydrogens (tertiary/aromatic N) is 2. The SMILES string of the molecule is CCCCCCCc1ccc(-c2ncc(-c3ccc(OC(=O)C(C)(F)CCCC)cc3)cn2)cc1. The second-order valence-electron chi connectivity index (χ2n) is 9.37. The first-order valence-corrected chi connectivity index (χ1v) is 12.9. The normalized spacial score (nSPS) is 12.8. The van der Waals surface area contributed by atoms with Crippen LogP contribution >= 0.6 is 0 Å². The van der Waals surface area contributed by atoms with Gasteiger partial charge in [0.1, 0.15) is 5.75 Å². The van der Waals surface area contributed by atoms with Crippen LogP contribution in [-0.2, 0) is 11.2 Å². The highest BCUT2D eigenvalue weighted by Crippen LogP contribution is 2.26. The third-order valence-electron chi connectivity index (χ3n) is 6.26. The van der Waals surface area contributed by atoms with Gasteiger partial charge in [0, 0.05) is 23.5 Å². The molecule has 3 rings (SSSR count). The van der Waals surface area contributed by atoms with Crippen molar-refractivity contribution in [3.8, 4) is 28.3 Å². The van der Waals surface area contributed by atoms with Crippen LogP contribution in [0.4, 0.5) is 4.39 Å². The fraction of sp³-hybridized carbons (Fsp3) is 0.433. The Hall–Kier alpha value is -3.08. The van der Waals surface area contributed by atoms with E-state index in [4.69, 9.17) is 4.74 Å². The molecule has 186 valence electrons. The molecule has 0 aliphatic rings. The highest BCUT2D eigenvalue weighted by molar-refractivity contribution is 5.81. The maximum Gasteiger partial charge on any atom is 0.348 e. The molecule has 0 fully saturated rings. The van der Waals surface area contributed by atoms with Crippen LogP contribution < -0.4 is 4.74 Å². The average molecular weight is 477 g/mol. The molecule has 0 N–H and O–H groups in total. The zero-order chi connectivity index (χ0) is 25.1. The zero-order valence-corrected chi connectivity index (χ0v) is 21.2. The van der Waals surface area contributed by atoms with E-state index in [1.807, 2.05) is 19.1 Å². The summed E-state index contributed by atoms with van der Waals surface area (Å²) in [6.45, 7) is 5.48. The van der Waals surface area contributed by atoms with E-state index in [-0.39, 0.29) is 6.42 Å². The molecular formula is C30H37FN2O2. The number of alkyl halides is 1. The van der Waals surface area contributed by atoms with Crippen LogP contribution in [0.25, 0.3) is 22.5 Å². The number of aryl methyl sites for hydroxylation is 1. The summed E-state index contributed by atoms with van der Waals surface area (Å²) in [5, 5.41) is 0. The van der Waals surface area contributed by atoms with E-state index in [9.17, 15) is 9.18 Å². The van der Waals surface area contributed by atoms with Gasteiger partial charge in [-0.15, -0.1) is 0 Å². The molecule has 3 aromatic rings. The van der Waals surface area contributed by atoms with Crippen LogP contribution in [0.2, 0.25) is 0 Å². The average Bonchev–Trinajstić information content (AvgIpc) is 2.88. The summed E-state index contributed by atoms with van der Waals surface area (Å²) in [7, 11) is 0. The standard InChI is InChI=1S/C30H37FN2O2/c1-4-6-8-9-10-11-23-12-14-25(15-13-23)28-32-21-26(22-33-28)24-16-18-27(19-17-24)35-29(34)30(3,31)20-7-5-2/h12-19,21-22H,4-11,20H2,1-3H3. The van der Waals surface area contributed by atoms with Crippen LogP contribution in [0.3, 0.4) is 0 Å². The topological polar surface area (TPSA) is 52.1 Å². The summed E-state index contributed by atoms with van der Waals surface area (Å²) in [4.78, 5) is 21.2. The van der Waals surface area contributed by atoms with Gasteiger partial charge in [-0.25, -0.2) is 19.2 Å². The third kappa shape index (κ3) is 7.98. The van der Waals surface area contributed by atoms with Crippen molar-refractivity contribution in [3.63, 3.8) is 0 Å². The molecule has 2 aromatic carbocycles. The fourth-order valence-corrected chi connectivity index (χ4v) is 3.92. The molecule has 0 aliphatic heterocycles. The number of carbonyl (C=O) groups excluding carboxylic acids is 1. The van der Waals surface area contributed by atoms with E-state index in [0.29, 0.717) is 18.0 Å². The molecule has 0 aliphatic carbocycles. The van der Waals surface area contributed by atoms with Gasteiger partial charge >= 0.3 is 5.97 Å². The molecular weight excluding hydrogens is 439 g/mol. The largest absolute Gasteiger partial charge is 0.424 e. The van der Waals surface area contributed by atoms with E-state index < -0.39 is 11.6 Å². The van der Waals surface area contributed by atoms with Crippen LogP contribution in [-0.4, -0.2) is 21.6 Å². The van der Waals surface area contributed by atoms with Crippen molar-refractivity contribution in [2.24, 2.45) is 0 Å². The predicted octanol–water partition coefficient (Wildman–Crippen LogP) is 8.15. The molecule has 1 atom stereocenters. The quantitative estimate of drug-likeness (QED) is 0.142. The van der Waals surface area contributed by atoms with Gasteiger partial charge in [-0.1, -0.05) is 82.3 Å². The number of carbonyl (C=O) groups is 1. The van der Waals surface area contributed by atoms with Gasteiger partial charge in [0.25, 0.3) is 0 Å². The van der Waals surface area contributed by atoms with Crippen molar-refractivity contribution in [3.05, 3.63) is 66.5 Å². The third-order valence-corrected chi connectivity index (χ3v) is 6.26. The van der Waals surface area contributed by atoms with Crippen LogP contribution in [0.1, 0.15) is 77.7 Å². The van der Waals surface area contributed by atoms with E-state index in [1.165, 1.54) is 44.6 Å².